The summed E-state index contributed by atoms with van der Waals surface area (Å²) in [7, 11) is 1.60. The summed E-state index contributed by atoms with van der Waals surface area (Å²) in [5.41, 5.74) is 1.37. The van der Waals surface area contributed by atoms with Crippen LogP contribution in [0.3, 0.4) is 0 Å². The van der Waals surface area contributed by atoms with Gasteiger partial charge in [-0.25, -0.2) is 9.97 Å². The minimum Gasteiger partial charge on any atom is -0.377 e. The molecule has 3 N–H and O–H groups in total. The predicted molar refractivity (Wildman–Crippen MR) is 121 cm³/mol. The van der Waals surface area contributed by atoms with Gasteiger partial charge in [-0.05, 0) is 19.8 Å². The first kappa shape index (κ1) is 24.0. The van der Waals surface area contributed by atoms with Crippen LogP contribution in [-0.2, 0) is 11.2 Å². The molecule has 2 aromatic rings. The number of H-pyrrole nitrogens is 1. The fourth-order valence-corrected chi connectivity index (χ4v) is 4.78. The Morgan fingerprint density at radius 3 is 2.84 bits per heavy atom. The molecule has 1 saturated heterocycles. The summed E-state index contributed by atoms with van der Waals surface area (Å²) >= 11 is 7.36. The number of aryl methyl sites for hydroxylation is 2. The molecule has 2 atom stereocenters. The molecule has 0 unspecified atom stereocenters. The number of ether oxygens (including phenoxy) is 1. The number of anilines is 1. The lowest BCUT2D eigenvalue weighted by atomic mass is 10.0. The van der Waals surface area contributed by atoms with Gasteiger partial charge in [-0.3, -0.25) is 9.59 Å². The average molecular weight is 480 g/mol. The Kier molecular flexibility index (Phi) is 8.06. The first-order valence-electron chi connectivity index (χ1n) is 10.3. The maximum absolute atomic E-state index is 12.6. The van der Waals surface area contributed by atoms with E-state index in [4.69, 9.17) is 21.6 Å². The van der Waals surface area contributed by atoms with Gasteiger partial charge >= 0.3 is 0 Å². The number of methoxy groups -OCH3 is 1. The van der Waals surface area contributed by atoms with E-state index in [0.717, 1.165) is 10.8 Å². The average Bonchev–Trinajstić information content (AvgIpc) is 3.36. The molecule has 0 spiro atoms. The van der Waals surface area contributed by atoms with E-state index in [1.807, 2.05) is 13.0 Å². The minimum absolute atomic E-state index is 0.187. The van der Waals surface area contributed by atoms with Crippen molar-refractivity contribution in [2.24, 2.45) is 0 Å². The Morgan fingerprint density at radius 1 is 1.41 bits per heavy atom. The summed E-state index contributed by atoms with van der Waals surface area (Å²) in [5.74, 6) is -0.365. The zero-order chi connectivity index (χ0) is 23.3. The molecule has 2 amide bonds. The molecule has 1 aliphatic rings. The number of carbonyl (C=O) groups is 2. The first-order chi connectivity index (χ1) is 15.4. The highest BCUT2D eigenvalue weighted by Crippen LogP contribution is 2.29. The number of nitrogens with one attached hydrogen (secondary N) is 3. The maximum atomic E-state index is 12.6. The van der Waals surface area contributed by atoms with Gasteiger partial charge in [-0.15, -0.1) is 0 Å². The number of aromatic nitrogens is 3. The summed E-state index contributed by atoms with van der Waals surface area (Å²) in [4.78, 5) is 39.2. The highest BCUT2D eigenvalue weighted by atomic mass is 35.5. The van der Waals surface area contributed by atoms with Crippen molar-refractivity contribution in [3.05, 3.63) is 27.2 Å². The summed E-state index contributed by atoms with van der Waals surface area (Å²) < 4.78 is 5.65. The number of nitriles is 1. The van der Waals surface area contributed by atoms with E-state index in [0.29, 0.717) is 48.2 Å². The fraction of sp³-hybridized carbons (Fsp3) is 0.550. The highest BCUT2D eigenvalue weighted by molar-refractivity contribution is 7.17. The monoisotopic (exact) mass is 479 g/mol. The van der Waals surface area contributed by atoms with Gasteiger partial charge in [0.2, 0.25) is 0 Å². The topological polar surface area (TPSA) is 136 Å². The molecule has 12 heteroatoms. The van der Waals surface area contributed by atoms with E-state index in [2.05, 4.69) is 30.5 Å². The van der Waals surface area contributed by atoms with Crippen molar-refractivity contribution >= 4 is 39.9 Å². The second-order valence-corrected chi connectivity index (χ2v) is 8.71. The first-order valence-corrected chi connectivity index (χ1v) is 11.5. The molecule has 0 aromatic carbocycles. The van der Waals surface area contributed by atoms with Crippen LogP contribution < -0.4 is 15.5 Å². The van der Waals surface area contributed by atoms with Crippen LogP contribution in [0.4, 0.5) is 5.13 Å². The number of halogens is 1. The van der Waals surface area contributed by atoms with Crippen molar-refractivity contribution in [2.45, 2.75) is 45.3 Å². The van der Waals surface area contributed by atoms with Gasteiger partial charge in [0.25, 0.3) is 11.8 Å². The number of imidazole rings is 1. The van der Waals surface area contributed by atoms with Gasteiger partial charge in [-0.1, -0.05) is 29.9 Å². The normalized spacial score (nSPS) is 18.3. The summed E-state index contributed by atoms with van der Waals surface area (Å²) in [5, 5.41) is 15.4. The third kappa shape index (κ3) is 5.38. The van der Waals surface area contributed by atoms with Crippen molar-refractivity contribution in [3.8, 4) is 6.07 Å². The Labute approximate surface area is 195 Å². The molecule has 3 heterocycles. The van der Waals surface area contributed by atoms with Crippen molar-refractivity contribution in [3.63, 3.8) is 0 Å². The van der Waals surface area contributed by atoms with Crippen molar-refractivity contribution in [1.82, 2.24) is 25.6 Å². The quantitative estimate of drug-likeness (QED) is 0.493. The fourth-order valence-electron chi connectivity index (χ4n) is 3.50. The zero-order valence-electron chi connectivity index (χ0n) is 18.2. The van der Waals surface area contributed by atoms with E-state index < -0.39 is 0 Å². The van der Waals surface area contributed by atoms with Gasteiger partial charge < -0.3 is 25.3 Å². The third-order valence-corrected chi connectivity index (χ3v) is 6.79. The van der Waals surface area contributed by atoms with Gasteiger partial charge in [0.15, 0.2) is 16.1 Å². The number of thiazole rings is 1. The van der Waals surface area contributed by atoms with Crippen LogP contribution in [0.5, 0.6) is 0 Å². The number of aromatic amines is 1. The molecule has 172 valence electrons. The molecule has 32 heavy (non-hydrogen) atoms. The molecule has 3 rings (SSSR count). The van der Waals surface area contributed by atoms with Crippen LogP contribution in [-0.4, -0.2) is 65.7 Å². The second-order valence-electron chi connectivity index (χ2n) is 7.37. The molecule has 0 aliphatic carbocycles. The number of piperidine rings is 1. The van der Waals surface area contributed by atoms with Gasteiger partial charge in [0.05, 0.1) is 36.0 Å². The lowest BCUT2D eigenvalue weighted by Gasteiger charge is -2.37. The third-order valence-electron chi connectivity index (χ3n) is 5.26. The molecule has 2 aromatic heterocycles. The van der Waals surface area contributed by atoms with Crippen LogP contribution in [0.15, 0.2) is 0 Å². The molecule has 1 aliphatic heterocycles. The minimum atomic E-state index is -0.325. The smallest absolute Gasteiger partial charge is 0.287 e. The Bertz CT molecular complexity index is 1020. The maximum Gasteiger partial charge on any atom is 0.287 e. The summed E-state index contributed by atoms with van der Waals surface area (Å²) in [6.07, 6.45) is 1.29. The second kappa shape index (κ2) is 10.8. The predicted octanol–water partition coefficient (Wildman–Crippen LogP) is 2.06. The van der Waals surface area contributed by atoms with E-state index in [1.54, 1.807) is 14.0 Å². The number of amides is 2. The van der Waals surface area contributed by atoms with Crippen LogP contribution in [0.25, 0.3) is 0 Å². The van der Waals surface area contributed by atoms with E-state index in [-0.39, 0.29) is 36.2 Å². The Hall–Kier alpha value is -2.68. The number of hydrogen-bond donors (Lipinski definition) is 3. The molecule has 0 radical (unpaired) electrons. The highest BCUT2D eigenvalue weighted by Gasteiger charge is 2.33. The van der Waals surface area contributed by atoms with Crippen molar-refractivity contribution in [2.75, 3.05) is 31.6 Å². The van der Waals surface area contributed by atoms with E-state index in [9.17, 15) is 9.59 Å². The molecular formula is C20H26ClN7O3S. The SMILES string of the molecule is CCc1[nH]c(C(=O)N[C@H]2CCN(c3nc(C)c(C(=O)NCCC#N)s3)C[C@H]2OC)nc1Cl. The standard InChI is InChI=1S/C20H26ClN7O3S/c1-4-12-16(21)27-17(25-12)19(30)26-13-6-9-28(10-14(13)31-3)20-24-11(2)15(32-20)18(29)23-8-5-7-22/h13-14H,4-6,8-10H2,1-3H3,(H,23,29)(H,25,27)(H,26,30)/t13-,14+/m0/s1. The van der Waals surface area contributed by atoms with Gasteiger partial charge in [0.1, 0.15) is 4.88 Å². The van der Waals surface area contributed by atoms with Gasteiger partial charge in [0, 0.05) is 26.7 Å². The zero-order valence-corrected chi connectivity index (χ0v) is 19.8. The molecule has 0 bridgehead atoms. The van der Waals surface area contributed by atoms with Crippen LogP contribution in [0, 0.1) is 18.3 Å². The molecular weight excluding hydrogens is 454 g/mol. The largest absolute Gasteiger partial charge is 0.377 e. The molecule has 1 fully saturated rings. The van der Waals surface area contributed by atoms with Gasteiger partial charge in [-0.2, -0.15) is 5.26 Å². The number of hydrogen-bond acceptors (Lipinski definition) is 8. The Balaban J connectivity index is 1.64. The molecule has 0 saturated carbocycles. The number of nitrogens with zero attached hydrogens (tertiary/aromatic N) is 4. The Morgan fingerprint density at radius 2 is 2.19 bits per heavy atom. The van der Waals surface area contributed by atoms with Crippen molar-refractivity contribution < 1.29 is 14.3 Å². The van der Waals surface area contributed by atoms with E-state index >= 15 is 0 Å². The summed E-state index contributed by atoms with van der Waals surface area (Å²) in [6.45, 7) is 5.19. The van der Waals surface area contributed by atoms with Crippen LogP contribution in [0.1, 0.15) is 51.4 Å². The number of rotatable bonds is 8. The molecule has 10 nitrogen and oxygen atoms in total. The van der Waals surface area contributed by atoms with Crippen molar-refractivity contribution in [1.29, 1.82) is 5.26 Å². The summed E-state index contributed by atoms with van der Waals surface area (Å²) in [6, 6.07) is 1.80. The lowest BCUT2D eigenvalue weighted by Crippen LogP contribution is -2.55. The van der Waals surface area contributed by atoms with Crippen LogP contribution in [0.2, 0.25) is 5.15 Å². The number of carbonyl (C=O) groups excluding carboxylic acids is 2. The van der Waals surface area contributed by atoms with E-state index in [1.165, 1.54) is 11.3 Å². The van der Waals surface area contributed by atoms with Crippen LogP contribution >= 0.6 is 22.9 Å². The lowest BCUT2D eigenvalue weighted by molar-refractivity contribution is 0.0538.